The molecule has 2 aliphatic rings. The predicted molar refractivity (Wildman–Crippen MR) is 133 cm³/mol. The Bertz CT molecular complexity index is 1380. The molecule has 1 aliphatic heterocycles. The first-order valence-electron chi connectivity index (χ1n) is 11.8. The van der Waals surface area contributed by atoms with E-state index in [2.05, 4.69) is 20.2 Å². The van der Waals surface area contributed by atoms with Gasteiger partial charge in [-0.3, -0.25) is 10.1 Å². The van der Waals surface area contributed by atoms with Gasteiger partial charge < -0.3 is 23.7 Å². The van der Waals surface area contributed by atoms with E-state index in [4.69, 9.17) is 8.92 Å². The summed E-state index contributed by atoms with van der Waals surface area (Å²) in [5.74, 6) is 0.411. The third-order valence-corrected chi connectivity index (χ3v) is 7.41. The second-order valence-corrected chi connectivity index (χ2v) is 10.3. The molecule has 0 spiro atoms. The number of amides is 2. The Kier molecular flexibility index (Phi) is 6.44. The van der Waals surface area contributed by atoms with Crippen LogP contribution < -0.4 is 14.4 Å². The van der Waals surface area contributed by atoms with E-state index in [0.29, 0.717) is 49.8 Å². The Morgan fingerprint density at radius 3 is 2.47 bits per heavy atom. The molecule has 0 unspecified atom stereocenters. The molecular weight excluding hydrogens is 486 g/mol. The Hall–Kier alpha value is -3.80. The second kappa shape index (κ2) is 9.69. The third-order valence-electron chi connectivity index (χ3n) is 6.15. The molecule has 11 nitrogen and oxygen atoms in total. The Labute approximate surface area is 208 Å². The van der Waals surface area contributed by atoms with Crippen LogP contribution in [0.3, 0.4) is 0 Å². The first-order valence-corrected chi connectivity index (χ1v) is 13.2. The van der Waals surface area contributed by atoms with Gasteiger partial charge >= 0.3 is 16.2 Å². The van der Waals surface area contributed by atoms with E-state index in [1.54, 1.807) is 30.0 Å². The molecule has 2 heterocycles. The summed E-state index contributed by atoms with van der Waals surface area (Å²) in [7, 11) is -4.07. The zero-order valence-electron chi connectivity index (χ0n) is 19.8. The van der Waals surface area contributed by atoms with E-state index in [9.17, 15) is 18.0 Å². The number of benzene rings is 2. The van der Waals surface area contributed by atoms with Crippen molar-refractivity contribution in [2.75, 3.05) is 43.0 Å². The molecule has 12 heteroatoms. The molecule has 2 amide bonds. The van der Waals surface area contributed by atoms with E-state index in [-0.39, 0.29) is 28.6 Å². The predicted octanol–water partition coefficient (Wildman–Crippen LogP) is 2.96. The highest BCUT2D eigenvalue weighted by Gasteiger charge is 2.30. The van der Waals surface area contributed by atoms with Crippen molar-refractivity contribution < 1.29 is 26.9 Å². The quantitative estimate of drug-likeness (QED) is 0.461. The van der Waals surface area contributed by atoms with E-state index in [0.717, 1.165) is 18.5 Å². The van der Waals surface area contributed by atoms with E-state index >= 15 is 0 Å². The number of H-pyrrole nitrogens is 1. The van der Waals surface area contributed by atoms with Crippen LogP contribution in [0.15, 0.2) is 47.4 Å². The summed E-state index contributed by atoms with van der Waals surface area (Å²) in [6.45, 7) is 4.41. The highest BCUT2D eigenvalue weighted by molar-refractivity contribution is 7.87. The maximum Gasteiger partial charge on any atom is 0.409 e. The first kappa shape index (κ1) is 23.9. The summed E-state index contributed by atoms with van der Waals surface area (Å²) in [5, 5.41) is 2.74. The zero-order valence-corrected chi connectivity index (χ0v) is 20.6. The number of hydrogen-bond acceptors (Lipinski definition) is 8. The highest BCUT2D eigenvalue weighted by atomic mass is 32.2. The van der Waals surface area contributed by atoms with Crippen LogP contribution in [0.2, 0.25) is 0 Å². The van der Waals surface area contributed by atoms with Crippen molar-refractivity contribution in [3.63, 3.8) is 0 Å². The van der Waals surface area contributed by atoms with Crippen molar-refractivity contribution >= 4 is 44.8 Å². The van der Waals surface area contributed by atoms with E-state index < -0.39 is 10.1 Å². The Morgan fingerprint density at radius 1 is 1.08 bits per heavy atom. The molecular formula is C24H27N5O6S. The van der Waals surface area contributed by atoms with Crippen molar-refractivity contribution in [1.29, 1.82) is 0 Å². The molecule has 2 fully saturated rings. The fourth-order valence-corrected chi connectivity index (χ4v) is 4.94. The van der Waals surface area contributed by atoms with Crippen LogP contribution in [0.25, 0.3) is 11.0 Å². The van der Waals surface area contributed by atoms with Gasteiger partial charge in [0, 0.05) is 43.9 Å². The molecule has 1 saturated carbocycles. The number of nitrogens with zero attached hydrogens (tertiary/aromatic N) is 3. The summed E-state index contributed by atoms with van der Waals surface area (Å²) in [6.07, 6.45) is 1.45. The van der Waals surface area contributed by atoms with Crippen LogP contribution >= 0.6 is 0 Å². The number of imidazole rings is 1. The monoisotopic (exact) mass is 513 g/mol. The van der Waals surface area contributed by atoms with E-state index in [1.165, 1.54) is 24.3 Å². The van der Waals surface area contributed by atoms with Gasteiger partial charge in [-0.1, -0.05) is 0 Å². The number of anilines is 2. The first-order chi connectivity index (χ1) is 17.3. The van der Waals surface area contributed by atoms with Gasteiger partial charge in [-0.15, -0.1) is 0 Å². The lowest BCUT2D eigenvalue weighted by Gasteiger charge is -2.35. The number of aromatic amines is 1. The zero-order chi connectivity index (χ0) is 25.3. The molecule has 2 aromatic carbocycles. The van der Waals surface area contributed by atoms with Crippen molar-refractivity contribution in [3.05, 3.63) is 42.5 Å². The number of aromatic nitrogens is 2. The lowest BCUT2D eigenvalue weighted by atomic mass is 10.2. The number of fused-ring (bicyclic) bond motifs is 1. The molecule has 1 aromatic heterocycles. The minimum atomic E-state index is -4.07. The summed E-state index contributed by atoms with van der Waals surface area (Å²) in [4.78, 5) is 34.9. The van der Waals surface area contributed by atoms with Crippen LogP contribution in [-0.2, 0) is 19.6 Å². The maximum atomic E-state index is 12.9. The standard InChI is InChI=1S/C24H27N5O6S/c1-2-34-24(31)29-13-11-28(12-14-29)17-5-8-19(9-6-17)36(32,33)35-18-7-10-20-21(15-18)26-23(25-20)27-22(30)16-3-4-16/h5-10,15-16H,2-4,11-14H2,1H3,(H2,25,26,27,30). The van der Waals surface area contributed by atoms with Crippen molar-refractivity contribution in [1.82, 2.24) is 14.9 Å². The molecule has 36 heavy (non-hydrogen) atoms. The Balaban J connectivity index is 1.23. The van der Waals surface area contributed by atoms with Crippen LogP contribution in [-0.4, -0.2) is 68.1 Å². The SMILES string of the molecule is CCOC(=O)N1CCN(c2ccc(S(=O)(=O)Oc3ccc4[nH]c(NC(=O)C5CC5)nc4c3)cc2)CC1. The van der Waals surface area contributed by atoms with Gasteiger partial charge in [0.15, 0.2) is 0 Å². The van der Waals surface area contributed by atoms with Crippen LogP contribution in [0, 0.1) is 5.92 Å². The minimum absolute atomic E-state index is 0.0240. The molecule has 3 aromatic rings. The highest BCUT2D eigenvalue weighted by Crippen LogP contribution is 2.30. The third kappa shape index (κ3) is 5.23. The molecule has 0 atom stereocenters. The Morgan fingerprint density at radius 2 is 1.81 bits per heavy atom. The number of hydrogen-bond donors (Lipinski definition) is 2. The molecule has 190 valence electrons. The molecule has 5 rings (SSSR count). The van der Waals surface area contributed by atoms with Crippen LogP contribution in [0.1, 0.15) is 19.8 Å². The summed E-state index contributed by atoms with van der Waals surface area (Å²) in [6, 6.07) is 11.1. The fourth-order valence-electron chi connectivity index (χ4n) is 4.02. The molecule has 0 radical (unpaired) electrons. The number of rotatable bonds is 7. The summed E-state index contributed by atoms with van der Waals surface area (Å²) in [5.41, 5.74) is 1.99. The number of carbonyl (C=O) groups excluding carboxylic acids is 2. The van der Waals surface area contributed by atoms with Crippen LogP contribution in [0.5, 0.6) is 5.75 Å². The number of carbonyl (C=O) groups is 2. The van der Waals surface area contributed by atoms with Gasteiger partial charge in [-0.05, 0) is 56.2 Å². The second-order valence-electron chi connectivity index (χ2n) is 8.73. The van der Waals surface area contributed by atoms with Crippen molar-refractivity contribution in [2.24, 2.45) is 5.92 Å². The topological polar surface area (TPSA) is 134 Å². The van der Waals surface area contributed by atoms with Crippen LogP contribution in [0.4, 0.5) is 16.4 Å². The lowest BCUT2D eigenvalue weighted by Crippen LogP contribution is -2.49. The number of piperazine rings is 1. The molecule has 0 bridgehead atoms. The molecule has 2 N–H and O–H groups in total. The van der Waals surface area contributed by atoms with Gasteiger partial charge in [0.25, 0.3) is 0 Å². The smallest absolute Gasteiger partial charge is 0.409 e. The van der Waals surface area contributed by atoms with Crippen molar-refractivity contribution in [2.45, 2.75) is 24.7 Å². The number of ether oxygens (including phenoxy) is 1. The number of nitrogens with one attached hydrogen (secondary N) is 2. The molecule has 1 saturated heterocycles. The summed E-state index contributed by atoms with van der Waals surface area (Å²) >= 11 is 0. The van der Waals surface area contributed by atoms with Crippen molar-refractivity contribution in [3.8, 4) is 5.75 Å². The average molecular weight is 514 g/mol. The summed E-state index contributed by atoms with van der Waals surface area (Å²) < 4.78 is 36.1. The normalized spacial score (nSPS) is 16.1. The molecule has 1 aliphatic carbocycles. The van der Waals surface area contributed by atoms with Gasteiger partial charge in [-0.25, -0.2) is 9.78 Å². The largest absolute Gasteiger partial charge is 0.450 e. The maximum absolute atomic E-state index is 12.9. The minimum Gasteiger partial charge on any atom is -0.450 e. The average Bonchev–Trinajstić information content (AvgIpc) is 3.65. The van der Waals surface area contributed by atoms with E-state index in [1.807, 2.05) is 0 Å². The van der Waals surface area contributed by atoms with Gasteiger partial charge in [0.1, 0.15) is 10.6 Å². The van der Waals surface area contributed by atoms with Gasteiger partial charge in [-0.2, -0.15) is 8.42 Å². The lowest BCUT2D eigenvalue weighted by molar-refractivity contribution is -0.117. The fraction of sp³-hybridized carbons (Fsp3) is 0.375. The van der Waals surface area contributed by atoms with Gasteiger partial charge in [0.2, 0.25) is 11.9 Å². The van der Waals surface area contributed by atoms with Gasteiger partial charge in [0.05, 0.1) is 17.6 Å².